The molecule has 0 spiro atoms. The van der Waals surface area contributed by atoms with Gasteiger partial charge in [-0.2, -0.15) is 0 Å². The Morgan fingerprint density at radius 2 is 1.11 bits per heavy atom. The van der Waals surface area contributed by atoms with Crippen LogP contribution in [-0.2, 0) is 23.8 Å². The van der Waals surface area contributed by atoms with Crippen LogP contribution in [0.2, 0.25) is 0 Å². The molecule has 8 rings (SSSR count). The van der Waals surface area contributed by atoms with Gasteiger partial charge in [0.05, 0.1) is 67.4 Å². The lowest BCUT2D eigenvalue weighted by Gasteiger charge is -2.30. The predicted molar refractivity (Wildman–Crippen MR) is 249 cm³/mol. The first-order valence-corrected chi connectivity index (χ1v) is 23.0. The van der Waals surface area contributed by atoms with Crippen LogP contribution in [0.3, 0.4) is 0 Å². The van der Waals surface area contributed by atoms with Crippen molar-refractivity contribution in [3.8, 4) is 44.8 Å². The first kappa shape index (κ1) is 45.6. The maximum absolute atomic E-state index is 13.7. The van der Waals surface area contributed by atoms with Crippen LogP contribution in [0.15, 0.2) is 66.3 Å². The van der Waals surface area contributed by atoms with Gasteiger partial charge in [-0.1, -0.05) is 76.2 Å². The minimum absolute atomic E-state index is 0.131. The van der Waals surface area contributed by atoms with Crippen LogP contribution in [0, 0.1) is 11.8 Å². The van der Waals surface area contributed by atoms with Crippen LogP contribution in [0.25, 0.3) is 55.0 Å². The average molecular weight is 918 g/mol. The molecule has 0 radical (unpaired) electrons. The van der Waals surface area contributed by atoms with Crippen molar-refractivity contribution < 1.29 is 38.2 Å². The molecule has 0 bridgehead atoms. The van der Waals surface area contributed by atoms with Crippen molar-refractivity contribution in [3.63, 3.8) is 0 Å². The van der Waals surface area contributed by atoms with Crippen molar-refractivity contribution in [2.75, 3.05) is 34.4 Å². The minimum Gasteiger partial charge on any atom is -0.464 e. The number of hydrogen-bond donors (Lipinski definition) is 5. The highest BCUT2D eigenvalue weighted by molar-refractivity contribution is 7.18. The Bertz CT molecular complexity index is 2730. The quantitative estimate of drug-likeness (QED) is 0.0552. The number of hydrogen-bond acceptors (Lipinski definition) is 11. The molecule has 5 N–H and O–H groups in total. The molecule has 17 nitrogen and oxygen atoms in total. The molecule has 2 aliphatic rings. The first-order valence-electron chi connectivity index (χ1n) is 22.1. The number of likely N-dealkylation sites (tertiary alicyclic amines) is 2. The third-order valence-corrected chi connectivity index (χ3v) is 13.6. The van der Waals surface area contributed by atoms with E-state index < -0.39 is 30.2 Å². The van der Waals surface area contributed by atoms with Crippen LogP contribution in [0.1, 0.15) is 87.6 Å². The number of rotatable bonds is 13. The largest absolute Gasteiger partial charge is 0.464 e. The van der Waals surface area contributed by atoms with Crippen molar-refractivity contribution in [1.29, 1.82) is 0 Å². The number of nitrogens with zero attached hydrogens (tertiary/aromatic N) is 4. The van der Waals surface area contributed by atoms with Gasteiger partial charge < -0.3 is 49.6 Å². The molecule has 18 heteroatoms. The van der Waals surface area contributed by atoms with Gasteiger partial charge in [-0.05, 0) is 59.8 Å². The van der Waals surface area contributed by atoms with Gasteiger partial charge in [0.1, 0.15) is 29.4 Å². The molecule has 2 aromatic carbocycles. The molecule has 2 unspecified atom stereocenters. The zero-order valence-corrected chi connectivity index (χ0v) is 38.8. The Kier molecular flexibility index (Phi) is 13.3. The summed E-state index contributed by atoms with van der Waals surface area (Å²) in [5.41, 5.74) is 8.02. The number of thiophene rings is 1. The zero-order chi connectivity index (χ0) is 46.8. The molecule has 0 aliphatic carbocycles. The van der Waals surface area contributed by atoms with Crippen LogP contribution in [0.5, 0.6) is 0 Å². The summed E-state index contributed by atoms with van der Waals surface area (Å²) in [6.45, 7) is 8.67. The Labute approximate surface area is 386 Å². The average Bonchev–Trinajstić information content (AvgIpc) is 4.19. The third-order valence-electron chi connectivity index (χ3n) is 12.6. The summed E-state index contributed by atoms with van der Waals surface area (Å²) in [6.07, 6.45) is 5.37. The number of carbonyl (C=O) groups excluding carboxylic acids is 5. The van der Waals surface area contributed by atoms with E-state index in [1.165, 1.54) is 32.7 Å². The highest BCUT2D eigenvalue weighted by atomic mass is 32.1. The Balaban J connectivity index is 0.999. The summed E-state index contributed by atoms with van der Waals surface area (Å²) < 4.78 is 15.7. The second-order valence-corrected chi connectivity index (χ2v) is 18.2. The Hall–Kier alpha value is -6.95. The standard InChI is InChI=1S/C48H55N9O8S/c1-25(2)37(54-47(61)64-6)44(58)56-20-8-10-34(56)42-49-22-32(51-42)28-14-12-27(13-15-28)31-24-66-41-36(40(46(60)63-5)53-39(31)41)30-18-16-29(17-19-30)33-23-50-43(52-33)35-11-9-21-57(35)45(59)38(26(3)4)55-48(62)65-7/h12-19,22-26,34-35,37-38,53H,8-11,20-21H2,1-7H3,(H,49,51)(H,50,52)(H,54,61)(H,55,62)/t34?,35?,37-,38-/m0/s1. The van der Waals surface area contributed by atoms with Gasteiger partial charge >= 0.3 is 18.2 Å². The Morgan fingerprint density at radius 3 is 1.55 bits per heavy atom. The van der Waals surface area contributed by atoms with Crippen molar-refractivity contribution in [1.82, 2.24) is 45.4 Å². The minimum atomic E-state index is -0.726. The fraction of sp³-hybridized carbons (Fsp3) is 0.396. The number of amides is 4. The Morgan fingerprint density at radius 1 is 0.652 bits per heavy atom. The molecule has 6 aromatic rings. The van der Waals surface area contributed by atoms with Crippen molar-refractivity contribution in [2.45, 2.75) is 77.5 Å². The van der Waals surface area contributed by atoms with E-state index in [2.05, 4.69) is 31.0 Å². The number of benzene rings is 2. The SMILES string of the molecule is COC(=O)N[C@H](C(=O)N1CCCC1c1ncc(-c2ccc(-c3csc4c(-c5ccc(-c6cnc(C7CCCN7C(=O)[C@@H](NC(=O)OC)C(C)C)[nH]6)cc5)c(C(=O)OC)[nH]c34)cc2)[nH]1)C(C)C. The second kappa shape index (κ2) is 19.3. The van der Waals surface area contributed by atoms with Crippen LogP contribution in [-0.4, -0.2) is 111 Å². The van der Waals surface area contributed by atoms with Gasteiger partial charge in [0.2, 0.25) is 11.8 Å². The molecular formula is C48H55N9O8S. The van der Waals surface area contributed by atoms with Crippen molar-refractivity contribution in [2.24, 2.45) is 11.8 Å². The first-order chi connectivity index (χ1) is 31.8. The number of imidazole rings is 2. The van der Waals surface area contributed by atoms with Crippen LogP contribution >= 0.6 is 11.3 Å². The van der Waals surface area contributed by atoms with Crippen molar-refractivity contribution >= 4 is 51.5 Å². The third kappa shape index (κ3) is 8.88. The number of aromatic amines is 3. The topological polar surface area (TPSA) is 217 Å². The van der Waals surface area contributed by atoms with Gasteiger partial charge in [0, 0.05) is 29.6 Å². The molecule has 66 heavy (non-hydrogen) atoms. The molecule has 2 aliphatic heterocycles. The van der Waals surface area contributed by atoms with Crippen molar-refractivity contribution in [3.05, 3.63) is 83.6 Å². The molecule has 4 atom stereocenters. The number of carbonyl (C=O) groups is 5. The predicted octanol–water partition coefficient (Wildman–Crippen LogP) is 8.22. The van der Waals surface area contributed by atoms with E-state index in [1.807, 2.05) is 76.2 Å². The lowest BCUT2D eigenvalue weighted by molar-refractivity contribution is -0.136. The summed E-state index contributed by atoms with van der Waals surface area (Å²) >= 11 is 1.54. The van der Waals surface area contributed by atoms with Gasteiger partial charge in [0.15, 0.2) is 0 Å². The molecule has 2 saturated heterocycles. The maximum atomic E-state index is 13.7. The number of alkyl carbamates (subject to hydrolysis) is 2. The molecule has 0 saturated carbocycles. The number of H-pyrrole nitrogens is 3. The van der Waals surface area contributed by atoms with E-state index in [9.17, 15) is 24.0 Å². The summed E-state index contributed by atoms with van der Waals surface area (Å²) in [5, 5.41) is 7.46. The van der Waals surface area contributed by atoms with Crippen LogP contribution in [0.4, 0.5) is 9.59 Å². The lowest BCUT2D eigenvalue weighted by Crippen LogP contribution is -2.51. The van der Waals surface area contributed by atoms with Gasteiger partial charge in [0.25, 0.3) is 0 Å². The van der Waals surface area contributed by atoms with E-state index in [0.29, 0.717) is 30.4 Å². The summed E-state index contributed by atoms with van der Waals surface area (Å²) in [5.74, 6) is 0.273. The number of nitrogens with one attached hydrogen (secondary N) is 5. The molecule has 346 valence electrons. The highest BCUT2D eigenvalue weighted by Crippen LogP contribution is 2.43. The molecular weight excluding hydrogens is 863 g/mol. The smallest absolute Gasteiger partial charge is 0.407 e. The number of ether oxygens (including phenoxy) is 3. The maximum Gasteiger partial charge on any atom is 0.407 e. The van der Waals surface area contributed by atoms with Gasteiger partial charge in [-0.3, -0.25) is 9.59 Å². The molecule has 4 aromatic heterocycles. The number of methoxy groups -OCH3 is 3. The highest BCUT2D eigenvalue weighted by Gasteiger charge is 2.39. The van der Waals surface area contributed by atoms with E-state index in [0.717, 1.165) is 80.7 Å². The molecule has 2 fully saturated rings. The fourth-order valence-electron chi connectivity index (χ4n) is 9.05. The van der Waals surface area contributed by atoms with E-state index in [-0.39, 0.29) is 35.7 Å². The molecule has 4 amide bonds. The second-order valence-electron chi connectivity index (χ2n) is 17.3. The van der Waals surface area contributed by atoms with Gasteiger partial charge in [-0.15, -0.1) is 11.3 Å². The normalized spacial score (nSPS) is 17.0. The van der Waals surface area contributed by atoms with E-state index in [4.69, 9.17) is 24.2 Å². The van der Waals surface area contributed by atoms with Crippen LogP contribution < -0.4 is 10.6 Å². The molecule has 6 heterocycles. The summed E-state index contributed by atoms with van der Waals surface area (Å²) in [6, 6.07) is 14.0. The lowest BCUT2D eigenvalue weighted by atomic mass is 10.0. The number of fused-ring (bicyclic) bond motifs is 1. The fourth-order valence-corrected chi connectivity index (χ4v) is 10.2. The van der Waals surface area contributed by atoms with E-state index >= 15 is 0 Å². The number of esters is 1. The monoisotopic (exact) mass is 917 g/mol. The van der Waals surface area contributed by atoms with Gasteiger partial charge in [-0.25, -0.2) is 24.4 Å². The summed E-state index contributed by atoms with van der Waals surface area (Å²) in [7, 11) is 3.92. The van der Waals surface area contributed by atoms with E-state index in [1.54, 1.807) is 22.2 Å². The summed E-state index contributed by atoms with van der Waals surface area (Å²) in [4.78, 5) is 87.9. The zero-order valence-electron chi connectivity index (χ0n) is 38.0. The number of aromatic nitrogens is 5.